The molecule has 0 radical (unpaired) electrons. The zero-order chi connectivity index (χ0) is 14.7. The van der Waals surface area contributed by atoms with Crippen LogP contribution in [0.5, 0.6) is 0 Å². The van der Waals surface area contributed by atoms with Crippen LogP contribution < -0.4 is 0 Å². The maximum absolute atomic E-state index is 10.7. The minimum Gasteiger partial charge on any atom is -0.481 e. The minimum atomic E-state index is -0.863. The molecule has 1 N–H and O–H groups in total. The van der Waals surface area contributed by atoms with Gasteiger partial charge in [-0.15, -0.1) is 0 Å². The number of hydrogen-bond acceptors (Lipinski definition) is 5. The molecule has 0 aliphatic rings. The number of hydrogen-bond donors (Lipinski definition) is 1. The summed E-state index contributed by atoms with van der Waals surface area (Å²) in [5.74, 6) is -0.888. The molecule has 2 aromatic heterocycles. The first-order valence-electron chi connectivity index (χ1n) is 6.22. The van der Waals surface area contributed by atoms with Gasteiger partial charge in [0.05, 0.1) is 18.4 Å². The van der Waals surface area contributed by atoms with Crippen molar-refractivity contribution in [3.05, 3.63) is 17.8 Å². The number of ether oxygens (including phenoxy) is 1. The molecule has 0 bridgehead atoms. The Morgan fingerprint density at radius 2 is 2.25 bits per heavy atom. The Bertz CT molecular complexity index is 627. The Morgan fingerprint density at radius 1 is 1.50 bits per heavy atom. The van der Waals surface area contributed by atoms with Gasteiger partial charge in [-0.1, -0.05) is 11.8 Å². The van der Waals surface area contributed by atoms with Gasteiger partial charge in [0.15, 0.2) is 10.8 Å². The second-order valence-electron chi connectivity index (χ2n) is 4.53. The molecule has 0 spiro atoms. The largest absolute Gasteiger partial charge is 0.481 e. The number of carboxylic acid groups (broad SMARTS) is 1. The van der Waals surface area contributed by atoms with Crippen LogP contribution in [0.2, 0.25) is 0 Å². The molecule has 0 saturated heterocycles. The second kappa shape index (κ2) is 6.23. The fraction of sp³-hybridized carbons (Fsp3) is 0.462. The lowest BCUT2D eigenvalue weighted by atomic mass is 10.3. The molecule has 2 rings (SSSR count). The van der Waals surface area contributed by atoms with Gasteiger partial charge in [0.1, 0.15) is 5.52 Å². The van der Waals surface area contributed by atoms with Crippen molar-refractivity contribution in [2.45, 2.75) is 31.7 Å². The van der Waals surface area contributed by atoms with Crippen molar-refractivity contribution in [3.63, 3.8) is 0 Å². The number of aryl methyl sites for hydroxylation is 1. The number of pyridine rings is 1. The van der Waals surface area contributed by atoms with Crippen LogP contribution in [-0.2, 0) is 16.1 Å². The van der Waals surface area contributed by atoms with Crippen LogP contribution in [0.25, 0.3) is 11.2 Å². The molecule has 0 saturated carbocycles. The number of aliphatic carboxylic acids is 1. The number of methoxy groups -OCH3 is 1. The third-order valence-electron chi connectivity index (χ3n) is 2.86. The van der Waals surface area contributed by atoms with Crippen LogP contribution in [0.4, 0.5) is 0 Å². The highest BCUT2D eigenvalue weighted by Gasteiger charge is 2.16. The Morgan fingerprint density at radius 3 is 2.90 bits per heavy atom. The van der Waals surface area contributed by atoms with Crippen LogP contribution in [0.3, 0.4) is 0 Å². The molecule has 1 atom stereocenters. The number of carbonyl (C=O) groups is 1. The first-order chi connectivity index (χ1) is 9.51. The highest BCUT2D eigenvalue weighted by Crippen LogP contribution is 2.23. The van der Waals surface area contributed by atoms with Gasteiger partial charge in [-0.25, -0.2) is 9.97 Å². The van der Waals surface area contributed by atoms with Crippen LogP contribution in [0.1, 0.15) is 12.6 Å². The van der Waals surface area contributed by atoms with Gasteiger partial charge in [-0.3, -0.25) is 4.79 Å². The number of imidazole rings is 1. The van der Waals surface area contributed by atoms with Gasteiger partial charge >= 0.3 is 5.97 Å². The fourth-order valence-corrected chi connectivity index (χ4v) is 2.54. The van der Waals surface area contributed by atoms with E-state index >= 15 is 0 Å². The monoisotopic (exact) mass is 295 g/mol. The highest BCUT2D eigenvalue weighted by atomic mass is 32.2. The van der Waals surface area contributed by atoms with E-state index in [1.54, 1.807) is 7.11 Å². The SMILES string of the molecule is COC(C)Cn1c(SCC(=O)O)nc2ccc(C)nc21. The summed E-state index contributed by atoms with van der Waals surface area (Å²) in [7, 11) is 1.65. The third-order valence-corrected chi connectivity index (χ3v) is 3.82. The predicted molar refractivity (Wildman–Crippen MR) is 77.1 cm³/mol. The predicted octanol–water partition coefficient (Wildman–Crippen LogP) is 1.95. The Hall–Kier alpha value is -1.60. The summed E-state index contributed by atoms with van der Waals surface area (Å²) in [6.07, 6.45) is -0.00103. The fourth-order valence-electron chi connectivity index (χ4n) is 1.81. The van der Waals surface area contributed by atoms with Gasteiger partial charge < -0.3 is 14.4 Å². The van der Waals surface area contributed by atoms with Crippen molar-refractivity contribution < 1.29 is 14.6 Å². The van der Waals surface area contributed by atoms with E-state index in [2.05, 4.69) is 9.97 Å². The summed E-state index contributed by atoms with van der Waals surface area (Å²) in [6.45, 7) is 4.46. The Labute approximate surface area is 121 Å². The summed E-state index contributed by atoms with van der Waals surface area (Å²) in [5.41, 5.74) is 2.44. The maximum atomic E-state index is 10.7. The quantitative estimate of drug-likeness (QED) is 0.821. The van der Waals surface area contributed by atoms with E-state index in [4.69, 9.17) is 9.84 Å². The van der Waals surface area contributed by atoms with Crippen LogP contribution in [0, 0.1) is 6.92 Å². The van der Waals surface area contributed by atoms with E-state index in [0.29, 0.717) is 11.7 Å². The number of rotatable bonds is 6. The van der Waals surface area contributed by atoms with Crippen molar-refractivity contribution in [2.75, 3.05) is 12.9 Å². The summed E-state index contributed by atoms with van der Waals surface area (Å²) < 4.78 is 7.20. The molecule has 0 aliphatic heterocycles. The molecule has 2 aromatic rings. The van der Waals surface area contributed by atoms with E-state index in [1.165, 1.54) is 11.8 Å². The van der Waals surface area contributed by atoms with E-state index in [0.717, 1.165) is 16.9 Å². The molecule has 2 heterocycles. The van der Waals surface area contributed by atoms with Crippen molar-refractivity contribution >= 4 is 28.9 Å². The third kappa shape index (κ3) is 3.29. The molecular weight excluding hydrogens is 278 g/mol. The van der Waals surface area contributed by atoms with E-state index in [-0.39, 0.29) is 11.9 Å². The summed E-state index contributed by atoms with van der Waals surface area (Å²) in [6, 6.07) is 3.79. The van der Waals surface area contributed by atoms with Gasteiger partial charge in [-0.2, -0.15) is 0 Å². The smallest absolute Gasteiger partial charge is 0.313 e. The number of nitrogens with zero attached hydrogens (tertiary/aromatic N) is 3. The van der Waals surface area contributed by atoms with Crippen molar-refractivity contribution in [3.8, 4) is 0 Å². The lowest BCUT2D eigenvalue weighted by molar-refractivity contribution is -0.133. The minimum absolute atomic E-state index is 0.00103. The Balaban J connectivity index is 2.42. The molecular formula is C13H17N3O3S. The normalized spacial score (nSPS) is 12.8. The van der Waals surface area contributed by atoms with Gasteiger partial charge in [0.2, 0.25) is 0 Å². The number of fused-ring (bicyclic) bond motifs is 1. The molecule has 20 heavy (non-hydrogen) atoms. The van der Waals surface area contributed by atoms with E-state index in [1.807, 2.05) is 30.5 Å². The van der Waals surface area contributed by atoms with Crippen molar-refractivity contribution in [1.29, 1.82) is 0 Å². The van der Waals surface area contributed by atoms with E-state index in [9.17, 15) is 4.79 Å². The van der Waals surface area contributed by atoms with Gasteiger partial charge in [-0.05, 0) is 26.0 Å². The topological polar surface area (TPSA) is 77.2 Å². The molecule has 108 valence electrons. The average molecular weight is 295 g/mol. The zero-order valence-electron chi connectivity index (χ0n) is 11.7. The summed E-state index contributed by atoms with van der Waals surface area (Å²) >= 11 is 1.20. The highest BCUT2D eigenvalue weighted by molar-refractivity contribution is 7.99. The molecule has 0 aromatic carbocycles. The zero-order valence-corrected chi connectivity index (χ0v) is 12.5. The second-order valence-corrected chi connectivity index (χ2v) is 5.47. The molecule has 0 fully saturated rings. The first-order valence-corrected chi connectivity index (χ1v) is 7.21. The van der Waals surface area contributed by atoms with Crippen LogP contribution >= 0.6 is 11.8 Å². The maximum Gasteiger partial charge on any atom is 0.313 e. The molecule has 0 amide bonds. The number of carboxylic acids is 1. The number of aromatic nitrogens is 3. The van der Waals surface area contributed by atoms with Crippen molar-refractivity contribution in [1.82, 2.24) is 14.5 Å². The van der Waals surface area contributed by atoms with Crippen molar-refractivity contribution in [2.24, 2.45) is 0 Å². The average Bonchev–Trinajstić information content (AvgIpc) is 2.74. The van der Waals surface area contributed by atoms with Crippen LogP contribution in [-0.4, -0.2) is 44.6 Å². The molecule has 6 nitrogen and oxygen atoms in total. The molecule has 7 heteroatoms. The van der Waals surface area contributed by atoms with Gasteiger partial charge in [0.25, 0.3) is 0 Å². The first kappa shape index (κ1) is 14.8. The summed E-state index contributed by atoms with van der Waals surface area (Å²) in [5, 5.41) is 9.47. The van der Waals surface area contributed by atoms with Gasteiger partial charge in [0, 0.05) is 12.8 Å². The lowest BCUT2D eigenvalue weighted by Gasteiger charge is -2.13. The van der Waals surface area contributed by atoms with Crippen LogP contribution in [0.15, 0.2) is 17.3 Å². The lowest BCUT2D eigenvalue weighted by Crippen LogP contribution is -2.16. The van der Waals surface area contributed by atoms with E-state index < -0.39 is 5.97 Å². The summed E-state index contributed by atoms with van der Waals surface area (Å²) in [4.78, 5) is 19.7. The molecule has 0 aliphatic carbocycles. The number of thioether (sulfide) groups is 1. The standard InChI is InChI=1S/C13H17N3O3S/c1-8-4-5-10-12(14-8)16(6-9(2)19-3)13(15-10)20-7-11(17)18/h4-5,9H,6-7H2,1-3H3,(H,17,18). The molecule has 1 unspecified atom stereocenters. The Kier molecular flexibility index (Phi) is 4.61.